The molecule has 2 aromatic carbocycles. The lowest BCUT2D eigenvalue weighted by Gasteiger charge is -2.18. The fraction of sp³-hybridized carbons (Fsp3) is 0.167. The third kappa shape index (κ3) is 3.98. The van der Waals surface area contributed by atoms with Crippen molar-refractivity contribution in [3.63, 3.8) is 0 Å². The Morgan fingerprint density at radius 2 is 1.90 bits per heavy atom. The molecule has 0 unspecified atom stereocenters. The Balaban J connectivity index is 1.59. The molecule has 0 amide bonds. The molecule has 0 spiro atoms. The number of carbonyl (C=O) groups excluding carboxylic acids is 2. The molecule has 0 saturated heterocycles. The normalized spacial score (nSPS) is 14.9. The Kier molecular flexibility index (Phi) is 5.39. The fourth-order valence-electron chi connectivity index (χ4n) is 3.13. The lowest BCUT2D eigenvalue weighted by atomic mass is 10.1. The van der Waals surface area contributed by atoms with Crippen molar-refractivity contribution in [2.45, 2.75) is 20.0 Å². The molecule has 0 N–H and O–H groups in total. The number of aryl methyl sites for hydroxylation is 1. The third-order valence-electron chi connectivity index (χ3n) is 4.53. The Morgan fingerprint density at radius 3 is 2.60 bits per heavy atom. The van der Waals surface area contributed by atoms with Gasteiger partial charge in [0.2, 0.25) is 11.9 Å². The van der Waals surface area contributed by atoms with Crippen molar-refractivity contribution in [1.29, 1.82) is 0 Å². The second kappa shape index (κ2) is 8.29. The van der Waals surface area contributed by atoms with E-state index < -0.39 is 12.1 Å². The summed E-state index contributed by atoms with van der Waals surface area (Å²) < 4.78 is 22.3. The molecular formula is C24H20O6. The first kappa shape index (κ1) is 19.5. The minimum absolute atomic E-state index is 0.168. The van der Waals surface area contributed by atoms with Crippen LogP contribution in [0.4, 0.5) is 0 Å². The summed E-state index contributed by atoms with van der Waals surface area (Å²) in [6, 6.07) is 17.5. The number of hydrogen-bond donors (Lipinski definition) is 0. The first-order chi connectivity index (χ1) is 14.5. The van der Waals surface area contributed by atoms with Crippen LogP contribution in [0.25, 0.3) is 6.08 Å². The van der Waals surface area contributed by atoms with Gasteiger partial charge in [-0.15, -0.1) is 0 Å². The molecule has 0 saturated carbocycles. The predicted molar refractivity (Wildman–Crippen MR) is 109 cm³/mol. The van der Waals surface area contributed by atoms with E-state index in [4.69, 9.17) is 18.6 Å². The third-order valence-corrected chi connectivity index (χ3v) is 4.53. The summed E-state index contributed by atoms with van der Waals surface area (Å²) >= 11 is 0. The Hall–Kier alpha value is -3.80. The van der Waals surface area contributed by atoms with E-state index in [2.05, 4.69) is 0 Å². The van der Waals surface area contributed by atoms with Crippen LogP contribution in [0.1, 0.15) is 40.5 Å². The van der Waals surface area contributed by atoms with Gasteiger partial charge in [-0.2, -0.15) is 0 Å². The number of rotatable bonds is 6. The van der Waals surface area contributed by atoms with E-state index in [1.807, 2.05) is 31.2 Å². The highest BCUT2D eigenvalue weighted by molar-refractivity contribution is 6.14. The highest BCUT2D eigenvalue weighted by Gasteiger charge is 2.30. The zero-order chi connectivity index (χ0) is 21.1. The summed E-state index contributed by atoms with van der Waals surface area (Å²) in [5, 5.41) is 0. The topological polar surface area (TPSA) is 75.0 Å². The standard InChI is InChI=1S/C24H20O6/c1-3-27-24(26)23(16-7-5-4-6-8-16)29-18-11-12-19-20(13-18)30-21(22(19)25)14-17-10-9-15(2)28-17/h4-14,23H,3H2,1-2H3/b21-14+/t23-/m1/s1. The summed E-state index contributed by atoms with van der Waals surface area (Å²) in [4.78, 5) is 25.0. The molecule has 6 heteroatoms. The van der Waals surface area contributed by atoms with Crippen LogP contribution in [0, 0.1) is 6.92 Å². The van der Waals surface area contributed by atoms with Crippen LogP contribution in [0.15, 0.2) is 70.8 Å². The number of ether oxygens (including phenoxy) is 3. The van der Waals surface area contributed by atoms with Gasteiger partial charge in [-0.3, -0.25) is 4.79 Å². The van der Waals surface area contributed by atoms with Crippen molar-refractivity contribution in [2.24, 2.45) is 0 Å². The maximum absolute atomic E-state index is 12.6. The molecule has 0 fully saturated rings. The second-order valence-corrected chi connectivity index (χ2v) is 6.71. The zero-order valence-corrected chi connectivity index (χ0v) is 16.6. The average Bonchev–Trinajstić information content (AvgIpc) is 3.29. The average molecular weight is 404 g/mol. The van der Waals surface area contributed by atoms with E-state index in [9.17, 15) is 9.59 Å². The van der Waals surface area contributed by atoms with Gasteiger partial charge in [0.1, 0.15) is 23.0 Å². The maximum Gasteiger partial charge on any atom is 0.352 e. The van der Waals surface area contributed by atoms with Crippen LogP contribution in [0.3, 0.4) is 0 Å². The molecule has 6 nitrogen and oxygen atoms in total. The number of Topliss-reactive ketones (excluding diaryl/α,β-unsaturated/α-hetero) is 1. The minimum atomic E-state index is -0.928. The SMILES string of the molecule is CCOC(=O)[C@H](Oc1ccc2c(c1)O/C(=C/c1ccc(C)o1)C2=O)c1ccccc1. The zero-order valence-electron chi connectivity index (χ0n) is 16.6. The van der Waals surface area contributed by atoms with Gasteiger partial charge in [-0.05, 0) is 38.1 Å². The lowest BCUT2D eigenvalue weighted by Crippen LogP contribution is -2.21. The van der Waals surface area contributed by atoms with E-state index in [1.54, 1.807) is 49.4 Å². The summed E-state index contributed by atoms with van der Waals surface area (Å²) in [5.74, 6) is 1.46. The summed E-state index contributed by atoms with van der Waals surface area (Å²) in [6.07, 6.45) is 0.628. The van der Waals surface area contributed by atoms with E-state index in [0.29, 0.717) is 28.4 Å². The van der Waals surface area contributed by atoms with Crippen LogP contribution in [0.5, 0.6) is 11.5 Å². The van der Waals surface area contributed by atoms with Crippen LogP contribution in [-0.2, 0) is 9.53 Å². The number of furan rings is 1. The van der Waals surface area contributed by atoms with Crippen molar-refractivity contribution >= 4 is 17.8 Å². The van der Waals surface area contributed by atoms with Crippen LogP contribution in [0.2, 0.25) is 0 Å². The molecule has 4 rings (SSSR count). The lowest BCUT2D eigenvalue weighted by molar-refractivity contribution is -0.151. The Morgan fingerprint density at radius 1 is 1.10 bits per heavy atom. The predicted octanol–water partition coefficient (Wildman–Crippen LogP) is 4.89. The van der Waals surface area contributed by atoms with Gasteiger partial charge in [0.05, 0.1) is 12.2 Å². The largest absolute Gasteiger partial charge is 0.474 e. The fourth-order valence-corrected chi connectivity index (χ4v) is 3.13. The smallest absolute Gasteiger partial charge is 0.352 e. The molecule has 0 aliphatic carbocycles. The van der Waals surface area contributed by atoms with Crippen molar-refractivity contribution in [1.82, 2.24) is 0 Å². The number of ketones is 1. The molecular weight excluding hydrogens is 384 g/mol. The van der Waals surface area contributed by atoms with Crippen LogP contribution < -0.4 is 9.47 Å². The number of esters is 1. The monoisotopic (exact) mass is 404 g/mol. The second-order valence-electron chi connectivity index (χ2n) is 6.71. The molecule has 0 bridgehead atoms. The van der Waals surface area contributed by atoms with Crippen molar-refractivity contribution in [2.75, 3.05) is 6.61 Å². The van der Waals surface area contributed by atoms with Crippen molar-refractivity contribution < 1.29 is 28.2 Å². The molecule has 1 atom stereocenters. The van der Waals surface area contributed by atoms with E-state index in [0.717, 1.165) is 5.76 Å². The Bertz CT molecular complexity index is 1110. The number of carbonyl (C=O) groups is 2. The van der Waals surface area contributed by atoms with Gasteiger partial charge in [0.25, 0.3) is 0 Å². The number of fused-ring (bicyclic) bond motifs is 1. The van der Waals surface area contributed by atoms with Gasteiger partial charge < -0.3 is 18.6 Å². The first-order valence-electron chi connectivity index (χ1n) is 9.58. The summed E-state index contributed by atoms with van der Waals surface area (Å²) in [6.45, 7) is 3.81. The summed E-state index contributed by atoms with van der Waals surface area (Å²) in [7, 11) is 0. The maximum atomic E-state index is 12.6. The number of allylic oxidation sites excluding steroid dienone is 1. The van der Waals surface area contributed by atoms with Gasteiger partial charge in [-0.1, -0.05) is 30.3 Å². The van der Waals surface area contributed by atoms with Crippen LogP contribution in [-0.4, -0.2) is 18.4 Å². The molecule has 0 radical (unpaired) electrons. The van der Waals surface area contributed by atoms with Crippen molar-refractivity contribution in [3.05, 3.63) is 89.1 Å². The molecule has 152 valence electrons. The van der Waals surface area contributed by atoms with Gasteiger partial charge in [0, 0.05) is 17.7 Å². The highest BCUT2D eigenvalue weighted by Crippen LogP contribution is 2.36. The van der Waals surface area contributed by atoms with Crippen LogP contribution >= 0.6 is 0 Å². The van der Waals surface area contributed by atoms with E-state index >= 15 is 0 Å². The quantitative estimate of drug-likeness (QED) is 0.430. The summed E-state index contributed by atoms with van der Waals surface area (Å²) in [5.41, 5.74) is 1.09. The molecule has 1 aliphatic heterocycles. The molecule has 1 aromatic heterocycles. The number of hydrogen-bond acceptors (Lipinski definition) is 6. The van der Waals surface area contributed by atoms with E-state index in [1.165, 1.54) is 0 Å². The highest BCUT2D eigenvalue weighted by atomic mass is 16.6. The molecule has 3 aromatic rings. The molecule has 1 aliphatic rings. The Labute approximate surface area is 173 Å². The van der Waals surface area contributed by atoms with E-state index in [-0.39, 0.29) is 18.1 Å². The minimum Gasteiger partial charge on any atom is -0.474 e. The first-order valence-corrected chi connectivity index (χ1v) is 9.58. The van der Waals surface area contributed by atoms with Gasteiger partial charge in [0.15, 0.2) is 5.76 Å². The van der Waals surface area contributed by atoms with Gasteiger partial charge >= 0.3 is 5.97 Å². The molecule has 30 heavy (non-hydrogen) atoms. The number of benzene rings is 2. The van der Waals surface area contributed by atoms with Gasteiger partial charge in [-0.25, -0.2) is 4.79 Å². The van der Waals surface area contributed by atoms with Crippen molar-refractivity contribution in [3.8, 4) is 11.5 Å². The molecule has 2 heterocycles.